The molecule has 6 amide bonds. The molecule has 0 saturated carbocycles. The third kappa shape index (κ3) is 10.8. The first-order valence-corrected chi connectivity index (χ1v) is 18.8. The Morgan fingerprint density at radius 1 is 0.554 bits per heavy atom. The Kier molecular flexibility index (Phi) is 12.6. The summed E-state index contributed by atoms with van der Waals surface area (Å²) in [7, 11) is 1.18. The van der Waals surface area contributed by atoms with Crippen LogP contribution >= 0.6 is 0 Å². The van der Waals surface area contributed by atoms with Crippen LogP contribution in [0.4, 0.5) is 9.59 Å². The van der Waals surface area contributed by atoms with Gasteiger partial charge in [-0.05, 0) is 104 Å². The Bertz CT molecular complexity index is 1750. The van der Waals surface area contributed by atoms with Crippen molar-refractivity contribution in [1.82, 2.24) is 31.1 Å². The van der Waals surface area contributed by atoms with Crippen LogP contribution in [-0.2, 0) is 14.2 Å². The van der Waals surface area contributed by atoms with E-state index in [1.807, 2.05) is 0 Å². The molecular formula is C40H52N6O10. The molecule has 2 aromatic rings. The van der Waals surface area contributed by atoms with E-state index in [9.17, 15) is 33.6 Å². The molecule has 4 bridgehead atoms. The van der Waals surface area contributed by atoms with Gasteiger partial charge in [0.1, 0.15) is 11.2 Å². The molecule has 3 aliphatic rings. The zero-order chi connectivity index (χ0) is 40.9. The van der Waals surface area contributed by atoms with Gasteiger partial charge in [-0.3, -0.25) is 19.2 Å². The van der Waals surface area contributed by atoms with Gasteiger partial charge in [-0.25, -0.2) is 14.4 Å². The van der Waals surface area contributed by atoms with Crippen molar-refractivity contribution >= 4 is 41.8 Å². The first kappa shape index (κ1) is 41.5. The van der Waals surface area contributed by atoms with Crippen LogP contribution in [0, 0.1) is 0 Å². The van der Waals surface area contributed by atoms with Gasteiger partial charge in [0.05, 0.1) is 36.8 Å². The van der Waals surface area contributed by atoms with E-state index in [1.165, 1.54) is 41.2 Å². The highest BCUT2D eigenvalue weighted by Crippen LogP contribution is 2.22. The van der Waals surface area contributed by atoms with Crippen molar-refractivity contribution in [2.45, 2.75) is 103 Å². The van der Waals surface area contributed by atoms with Crippen LogP contribution in [0.15, 0.2) is 42.5 Å². The number of nitrogens with one attached hydrogen (secondary N) is 4. The molecule has 3 heterocycles. The SMILES string of the molecule is COC(=O)c1cc2cc(c1)C(=O)N[C@H]1CCN(C(=O)OC(C)(C)C)CC[C@@H]1NC(=O)c1cccc(c1)C(=O)N[C@H]1CCN(C(=O)OC(C)(C)C)CC[C@@H]1NC2=O. The Balaban J connectivity index is 1.53. The van der Waals surface area contributed by atoms with Gasteiger partial charge in [0.25, 0.3) is 23.6 Å². The lowest BCUT2D eigenvalue weighted by Crippen LogP contribution is -2.52. The molecule has 0 spiro atoms. The van der Waals surface area contributed by atoms with Crippen molar-refractivity contribution < 1.29 is 47.8 Å². The van der Waals surface area contributed by atoms with Crippen LogP contribution in [0.1, 0.15) is 119 Å². The van der Waals surface area contributed by atoms with E-state index in [2.05, 4.69) is 21.3 Å². The van der Waals surface area contributed by atoms with Crippen LogP contribution in [-0.4, -0.2) is 120 Å². The van der Waals surface area contributed by atoms with Crippen molar-refractivity contribution in [3.8, 4) is 0 Å². The summed E-state index contributed by atoms with van der Waals surface area (Å²) in [5.74, 6) is -3.04. The standard InChI is InChI=1S/C40H52N6O10/c1-39(2,3)55-37(52)45-15-11-28-30(13-17-45)43-34(49)25-20-26(22-27(21-25)36(51)54-7)35(50)44-31-14-18-46(38(53)56-40(4,5)6)16-12-29(31)42-33(48)24-10-8-9-23(19-24)32(47)41-28/h8-10,19-22,28-31H,11-18H2,1-7H3,(H,41,47)(H,42,48)(H,43,49)(H,44,50)/t28-,29-,30-,31-/m0/s1. The Morgan fingerprint density at radius 2 is 0.875 bits per heavy atom. The molecule has 2 fully saturated rings. The van der Waals surface area contributed by atoms with E-state index in [4.69, 9.17) is 14.2 Å². The van der Waals surface area contributed by atoms with Crippen molar-refractivity contribution in [3.05, 3.63) is 70.3 Å². The number of fused-ring (bicyclic) bond motifs is 6. The van der Waals surface area contributed by atoms with Gasteiger partial charge in [0.15, 0.2) is 0 Å². The molecular weight excluding hydrogens is 724 g/mol. The smallest absolute Gasteiger partial charge is 0.410 e. The molecule has 0 aromatic heterocycles. The highest BCUT2D eigenvalue weighted by Gasteiger charge is 2.35. The first-order chi connectivity index (χ1) is 26.3. The maximum Gasteiger partial charge on any atom is 0.410 e. The molecule has 0 aliphatic carbocycles. The van der Waals surface area contributed by atoms with Crippen molar-refractivity contribution in [1.29, 1.82) is 0 Å². The average molecular weight is 777 g/mol. The highest BCUT2D eigenvalue weighted by molar-refractivity contribution is 6.04. The van der Waals surface area contributed by atoms with Crippen LogP contribution in [0.5, 0.6) is 0 Å². The normalized spacial score (nSPS) is 22.5. The minimum absolute atomic E-state index is 0.0213. The van der Waals surface area contributed by atoms with E-state index in [-0.39, 0.29) is 79.7 Å². The fraction of sp³-hybridized carbons (Fsp3) is 0.525. The van der Waals surface area contributed by atoms with Crippen molar-refractivity contribution in [2.75, 3.05) is 33.3 Å². The van der Waals surface area contributed by atoms with E-state index < -0.39 is 77.2 Å². The molecule has 0 radical (unpaired) electrons. The van der Waals surface area contributed by atoms with E-state index in [0.717, 1.165) is 0 Å². The molecule has 16 heteroatoms. The Hall–Kier alpha value is -5.67. The summed E-state index contributed by atoms with van der Waals surface area (Å²) in [5.41, 5.74) is -1.20. The predicted octanol–water partition coefficient (Wildman–Crippen LogP) is 3.64. The first-order valence-electron chi connectivity index (χ1n) is 18.8. The van der Waals surface area contributed by atoms with E-state index in [1.54, 1.807) is 59.7 Å². The summed E-state index contributed by atoms with van der Waals surface area (Å²) >= 11 is 0. The Labute approximate surface area is 326 Å². The number of carbonyl (C=O) groups is 7. The van der Waals surface area contributed by atoms with Crippen molar-refractivity contribution in [3.63, 3.8) is 0 Å². The molecule has 3 aliphatic heterocycles. The summed E-state index contributed by atoms with van der Waals surface area (Å²) in [6.07, 6.45) is -0.120. The largest absolute Gasteiger partial charge is 0.465 e. The van der Waals surface area contributed by atoms with Gasteiger partial charge in [-0.15, -0.1) is 0 Å². The summed E-state index contributed by atoms with van der Waals surface area (Å²) in [6.45, 7) is 11.4. The third-order valence-corrected chi connectivity index (χ3v) is 9.65. The van der Waals surface area contributed by atoms with Crippen LogP contribution < -0.4 is 21.3 Å². The van der Waals surface area contributed by atoms with Gasteiger partial charge < -0.3 is 45.3 Å². The molecule has 2 aromatic carbocycles. The summed E-state index contributed by atoms with van der Waals surface area (Å²) in [6, 6.07) is 7.37. The van der Waals surface area contributed by atoms with Gasteiger partial charge in [-0.1, -0.05) is 6.07 Å². The van der Waals surface area contributed by atoms with E-state index >= 15 is 0 Å². The summed E-state index contributed by atoms with van der Waals surface area (Å²) < 4.78 is 16.1. The third-order valence-electron chi connectivity index (χ3n) is 9.65. The van der Waals surface area contributed by atoms with Crippen molar-refractivity contribution in [2.24, 2.45) is 0 Å². The number of likely N-dealkylation sites (tertiary alicyclic amines) is 2. The maximum absolute atomic E-state index is 14.0. The van der Waals surface area contributed by atoms with Gasteiger partial charge in [-0.2, -0.15) is 0 Å². The second-order valence-corrected chi connectivity index (χ2v) is 16.3. The lowest BCUT2D eigenvalue weighted by atomic mass is 9.98. The average Bonchev–Trinajstić information content (AvgIpc) is 3.45. The lowest BCUT2D eigenvalue weighted by Gasteiger charge is -2.28. The van der Waals surface area contributed by atoms with Gasteiger partial charge in [0.2, 0.25) is 0 Å². The lowest BCUT2D eigenvalue weighted by molar-refractivity contribution is 0.0244. The number of hydrogen-bond donors (Lipinski definition) is 4. The molecule has 5 rings (SSSR count). The quantitative estimate of drug-likeness (QED) is 0.245. The Morgan fingerprint density at radius 3 is 1.20 bits per heavy atom. The number of benzene rings is 2. The number of hydrogen-bond acceptors (Lipinski definition) is 10. The maximum atomic E-state index is 14.0. The summed E-state index contributed by atoms with van der Waals surface area (Å²) in [4.78, 5) is 97.7. The number of rotatable bonds is 1. The second kappa shape index (κ2) is 17.0. The minimum atomic E-state index is -0.780. The fourth-order valence-corrected chi connectivity index (χ4v) is 6.85. The minimum Gasteiger partial charge on any atom is -0.465 e. The topological polar surface area (TPSA) is 202 Å². The second-order valence-electron chi connectivity index (χ2n) is 16.3. The van der Waals surface area contributed by atoms with Crippen LogP contribution in [0.2, 0.25) is 0 Å². The van der Waals surface area contributed by atoms with Gasteiger partial charge in [0, 0.05) is 48.4 Å². The number of carbonyl (C=O) groups excluding carboxylic acids is 7. The molecule has 2 saturated heterocycles. The highest BCUT2D eigenvalue weighted by atomic mass is 16.6. The van der Waals surface area contributed by atoms with Gasteiger partial charge >= 0.3 is 18.2 Å². The molecule has 0 unspecified atom stereocenters. The number of esters is 1. The summed E-state index contributed by atoms with van der Waals surface area (Å²) in [5, 5.41) is 11.9. The fourth-order valence-electron chi connectivity index (χ4n) is 6.85. The van der Waals surface area contributed by atoms with Crippen LogP contribution in [0.25, 0.3) is 0 Å². The molecule has 4 atom stereocenters. The number of amides is 6. The number of ether oxygens (including phenoxy) is 3. The van der Waals surface area contributed by atoms with Crippen LogP contribution in [0.3, 0.4) is 0 Å². The monoisotopic (exact) mass is 776 g/mol. The predicted molar refractivity (Wildman–Crippen MR) is 203 cm³/mol. The molecule has 302 valence electrons. The zero-order valence-electron chi connectivity index (χ0n) is 33.0. The zero-order valence-corrected chi connectivity index (χ0v) is 33.0. The van der Waals surface area contributed by atoms with E-state index in [0.29, 0.717) is 0 Å². The molecule has 56 heavy (non-hydrogen) atoms. The molecule has 16 nitrogen and oxygen atoms in total. The number of nitrogens with zero attached hydrogens (tertiary/aromatic N) is 2. The molecule has 4 N–H and O–H groups in total. The number of methoxy groups -OCH3 is 1.